The number of alkyl halides is 1. The molecule has 1 atom stereocenters. The summed E-state index contributed by atoms with van der Waals surface area (Å²) in [5.74, 6) is 0.638. The van der Waals surface area contributed by atoms with E-state index in [-0.39, 0.29) is 5.38 Å². The van der Waals surface area contributed by atoms with Crippen molar-refractivity contribution in [3.05, 3.63) is 35.5 Å². The Kier molecular flexibility index (Phi) is 3.83. The van der Waals surface area contributed by atoms with Crippen LogP contribution in [0.2, 0.25) is 0 Å². The van der Waals surface area contributed by atoms with E-state index in [1.807, 2.05) is 12.1 Å². The molecule has 3 heteroatoms. The summed E-state index contributed by atoms with van der Waals surface area (Å²) in [5, 5.41) is 0.190. The van der Waals surface area contributed by atoms with Gasteiger partial charge >= 0.3 is 0 Å². The minimum Gasteiger partial charge on any atom is -0.383 e. The molecular formula is C13H17ClN2. The van der Waals surface area contributed by atoms with Crippen LogP contribution in [0.1, 0.15) is 31.2 Å². The van der Waals surface area contributed by atoms with Crippen LogP contribution in [0, 0.1) is 0 Å². The number of allylic oxidation sites excluding steroid dienone is 2. The molecule has 0 amide bonds. The minimum absolute atomic E-state index is 0.190. The number of nitrogens with zero attached hydrogens (tertiary/aromatic N) is 1. The molecule has 1 aromatic rings. The summed E-state index contributed by atoms with van der Waals surface area (Å²) in [6.07, 6.45) is 9.49. The van der Waals surface area contributed by atoms with E-state index in [4.69, 9.17) is 17.3 Å². The number of hydrogen-bond acceptors (Lipinski definition) is 2. The van der Waals surface area contributed by atoms with Crippen molar-refractivity contribution in [2.75, 3.05) is 5.73 Å². The Morgan fingerprint density at radius 2 is 2.31 bits per heavy atom. The first kappa shape index (κ1) is 11.5. The Morgan fingerprint density at radius 1 is 1.44 bits per heavy atom. The second-order valence-electron chi connectivity index (χ2n) is 4.31. The monoisotopic (exact) mass is 236 g/mol. The molecule has 1 aliphatic carbocycles. The molecule has 0 aliphatic heterocycles. The molecule has 0 bridgehead atoms. The third kappa shape index (κ3) is 2.99. The number of aromatic nitrogens is 1. The first-order valence-electron chi connectivity index (χ1n) is 5.78. The summed E-state index contributed by atoms with van der Waals surface area (Å²) in [6, 6.07) is 3.97. The normalized spacial score (nSPS) is 21.3. The summed E-state index contributed by atoms with van der Waals surface area (Å²) in [7, 11) is 0. The molecule has 0 fully saturated rings. The van der Waals surface area contributed by atoms with Gasteiger partial charge in [0, 0.05) is 6.20 Å². The van der Waals surface area contributed by atoms with Gasteiger partial charge in [-0.1, -0.05) is 24.1 Å². The van der Waals surface area contributed by atoms with Crippen molar-refractivity contribution in [2.24, 2.45) is 0 Å². The molecule has 1 unspecified atom stereocenters. The molecule has 0 saturated heterocycles. The number of hydrogen-bond donors (Lipinski definition) is 1. The summed E-state index contributed by atoms with van der Waals surface area (Å²) in [5.41, 5.74) is 8.35. The van der Waals surface area contributed by atoms with Crippen LogP contribution in [-0.2, 0) is 6.42 Å². The van der Waals surface area contributed by atoms with Gasteiger partial charge in [0.25, 0.3) is 0 Å². The van der Waals surface area contributed by atoms with E-state index in [0.717, 1.165) is 24.8 Å². The van der Waals surface area contributed by atoms with Crippen molar-refractivity contribution in [2.45, 2.75) is 37.5 Å². The Balaban J connectivity index is 2.11. The van der Waals surface area contributed by atoms with E-state index in [1.165, 1.54) is 18.4 Å². The van der Waals surface area contributed by atoms with Gasteiger partial charge in [0.05, 0.1) is 5.38 Å². The van der Waals surface area contributed by atoms with E-state index in [9.17, 15) is 0 Å². The van der Waals surface area contributed by atoms with Crippen LogP contribution >= 0.6 is 11.6 Å². The van der Waals surface area contributed by atoms with Crippen molar-refractivity contribution in [3.63, 3.8) is 0 Å². The van der Waals surface area contributed by atoms with Crippen LogP contribution in [0.25, 0.3) is 0 Å². The van der Waals surface area contributed by atoms with E-state index in [2.05, 4.69) is 11.1 Å². The smallest absolute Gasteiger partial charge is 0.126 e. The fraction of sp³-hybridized carbons (Fsp3) is 0.462. The van der Waals surface area contributed by atoms with Crippen LogP contribution in [-0.4, -0.2) is 10.4 Å². The van der Waals surface area contributed by atoms with E-state index >= 15 is 0 Å². The predicted octanol–water partition coefficient (Wildman–Crippen LogP) is 3.31. The molecule has 1 heterocycles. The van der Waals surface area contributed by atoms with Crippen molar-refractivity contribution < 1.29 is 0 Å². The Morgan fingerprint density at radius 3 is 3.12 bits per heavy atom. The average molecular weight is 237 g/mol. The molecule has 1 aliphatic rings. The summed E-state index contributed by atoms with van der Waals surface area (Å²) in [6.45, 7) is 0. The number of nitrogen functional groups attached to an aromatic ring is 1. The quantitative estimate of drug-likeness (QED) is 0.632. The summed E-state index contributed by atoms with van der Waals surface area (Å²) < 4.78 is 0. The fourth-order valence-electron chi connectivity index (χ4n) is 2.11. The molecule has 0 radical (unpaired) electrons. The van der Waals surface area contributed by atoms with Crippen molar-refractivity contribution in [3.8, 4) is 0 Å². The lowest BCUT2D eigenvalue weighted by atomic mass is 10.0. The zero-order valence-electron chi connectivity index (χ0n) is 9.32. The molecule has 2 N–H and O–H groups in total. The average Bonchev–Trinajstić information content (AvgIpc) is 2.46. The Labute approximate surface area is 102 Å². The van der Waals surface area contributed by atoms with Gasteiger partial charge in [-0.3, -0.25) is 0 Å². The molecule has 2 nitrogen and oxygen atoms in total. The van der Waals surface area contributed by atoms with E-state index in [0.29, 0.717) is 5.82 Å². The van der Waals surface area contributed by atoms with Crippen molar-refractivity contribution in [1.29, 1.82) is 0 Å². The number of nitrogens with two attached hydrogens (primary N) is 1. The fourth-order valence-corrected chi connectivity index (χ4v) is 2.44. The lowest BCUT2D eigenvalue weighted by Gasteiger charge is -2.07. The Hall–Kier alpha value is -1.02. The molecule has 2 rings (SSSR count). The zero-order chi connectivity index (χ0) is 11.4. The third-order valence-corrected chi connectivity index (χ3v) is 3.33. The first-order chi connectivity index (χ1) is 7.75. The van der Waals surface area contributed by atoms with Gasteiger partial charge in [-0.15, -0.1) is 11.6 Å². The Bertz CT molecular complexity index is 387. The first-order valence-corrected chi connectivity index (χ1v) is 6.22. The van der Waals surface area contributed by atoms with E-state index < -0.39 is 0 Å². The highest BCUT2D eigenvalue weighted by Gasteiger charge is 2.11. The van der Waals surface area contributed by atoms with Crippen LogP contribution in [0.15, 0.2) is 30.0 Å². The summed E-state index contributed by atoms with van der Waals surface area (Å²) in [4.78, 5) is 4.10. The van der Waals surface area contributed by atoms with Gasteiger partial charge < -0.3 is 5.73 Å². The maximum Gasteiger partial charge on any atom is 0.126 e. The van der Waals surface area contributed by atoms with Gasteiger partial charge in [-0.25, -0.2) is 4.98 Å². The van der Waals surface area contributed by atoms with Gasteiger partial charge in [0.15, 0.2) is 0 Å². The lowest BCUT2D eigenvalue weighted by molar-refractivity contribution is 0.710. The van der Waals surface area contributed by atoms with Crippen LogP contribution in [0.3, 0.4) is 0 Å². The molecule has 1 aromatic heterocycles. The van der Waals surface area contributed by atoms with E-state index in [1.54, 1.807) is 6.20 Å². The molecule has 0 spiro atoms. The largest absolute Gasteiger partial charge is 0.383 e. The molecule has 0 saturated carbocycles. The zero-order valence-corrected chi connectivity index (χ0v) is 10.1. The second kappa shape index (κ2) is 5.35. The van der Waals surface area contributed by atoms with Crippen molar-refractivity contribution >= 4 is 17.4 Å². The molecule has 86 valence electrons. The van der Waals surface area contributed by atoms with Gasteiger partial charge in [0.1, 0.15) is 5.82 Å². The standard InChI is InChI=1S/C13H17ClN2/c14-12-6-2-1-4-10(9-12)8-11-5-3-7-16-13(11)15/h3,5,7,9,12H,1-2,4,6,8H2,(H2,15,16). The topological polar surface area (TPSA) is 38.9 Å². The van der Waals surface area contributed by atoms with Gasteiger partial charge in [-0.2, -0.15) is 0 Å². The number of anilines is 1. The molecule has 0 aromatic carbocycles. The highest BCUT2D eigenvalue weighted by molar-refractivity contribution is 6.21. The van der Waals surface area contributed by atoms with Gasteiger partial charge in [-0.05, 0) is 37.3 Å². The number of rotatable bonds is 2. The lowest BCUT2D eigenvalue weighted by Crippen LogP contribution is -2.00. The highest BCUT2D eigenvalue weighted by Crippen LogP contribution is 2.24. The third-order valence-electron chi connectivity index (χ3n) is 2.99. The SMILES string of the molecule is Nc1ncccc1CC1=CC(Cl)CCCC1. The molecular weight excluding hydrogens is 220 g/mol. The summed E-state index contributed by atoms with van der Waals surface area (Å²) >= 11 is 6.20. The highest BCUT2D eigenvalue weighted by atomic mass is 35.5. The van der Waals surface area contributed by atoms with Crippen LogP contribution < -0.4 is 5.73 Å². The minimum atomic E-state index is 0.190. The maximum absolute atomic E-state index is 6.20. The van der Waals surface area contributed by atoms with Crippen LogP contribution in [0.4, 0.5) is 5.82 Å². The van der Waals surface area contributed by atoms with Gasteiger partial charge in [0.2, 0.25) is 0 Å². The number of pyridine rings is 1. The number of halogens is 1. The van der Waals surface area contributed by atoms with Crippen LogP contribution in [0.5, 0.6) is 0 Å². The van der Waals surface area contributed by atoms with Crippen molar-refractivity contribution in [1.82, 2.24) is 4.98 Å². The second-order valence-corrected chi connectivity index (χ2v) is 4.87. The maximum atomic E-state index is 6.20. The molecule has 16 heavy (non-hydrogen) atoms. The predicted molar refractivity (Wildman–Crippen MR) is 68.5 cm³/mol.